The fourth-order valence-corrected chi connectivity index (χ4v) is 3.78. The number of furan rings is 1. The van der Waals surface area contributed by atoms with Crippen LogP contribution in [0, 0.1) is 3.77 Å². The number of hydrogen-bond donors (Lipinski definition) is 0. The van der Waals surface area contributed by atoms with Crippen LogP contribution in [0.5, 0.6) is 0 Å². The van der Waals surface area contributed by atoms with E-state index in [2.05, 4.69) is 0 Å². The number of nitrogens with zero attached hydrogens (tertiary/aromatic N) is 1. The van der Waals surface area contributed by atoms with E-state index in [-0.39, 0.29) is 17.7 Å². The molecule has 0 atom stereocenters. The first-order chi connectivity index (χ1) is 11.0. The van der Waals surface area contributed by atoms with Gasteiger partial charge in [-0.3, -0.25) is 14.5 Å². The molecule has 2 amide bonds. The Hall–Kier alpha value is -0.960. The number of thioether (sulfide) groups is 1. The molecule has 2 aromatic rings. The third-order valence-corrected chi connectivity index (χ3v) is 5.31. The second-order valence-electron chi connectivity index (χ2n) is 4.61. The lowest BCUT2D eigenvalue weighted by Crippen LogP contribution is -2.27. The zero-order chi connectivity index (χ0) is 16.6. The number of halogens is 3. The van der Waals surface area contributed by atoms with Gasteiger partial charge in [-0.15, -0.1) is 0 Å². The van der Waals surface area contributed by atoms with Crippen molar-refractivity contribution in [3.63, 3.8) is 0 Å². The normalized spacial score (nSPS) is 16.7. The molecular weight excluding hydrogens is 472 g/mol. The van der Waals surface area contributed by atoms with Gasteiger partial charge in [0, 0.05) is 21.7 Å². The predicted molar refractivity (Wildman–Crippen MR) is 99.4 cm³/mol. The molecule has 23 heavy (non-hydrogen) atoms. The van der Waals surface area contributed by atoms with Gasteiger partial charge in [0.05, 0.1) is 11.4 Å². The van der Waals surface area contributed by atoms with Crippen molar-refractivity contribution in [1.29, 1.82) is 0 Å². The lowest BCUT2D eigenvalue weighted by atomic mass is 10.2. The molecule has 0 unspecified atom stereocenters. The third-order valence-electron chi connectivity index (χ3n) is 3.12. The Labute approximate surface area is 159 Å². The van der Waals surface area contributed by atoms with Crippen LogP contribution < -0.4 is 0 Å². The average molecular weight is 480 g/mol. The molecule has 1 aliphatic heterocycles. The first kappa shape index (κ1) is 16.9. The Morgan fingerprint density at radius 2 is 1.87 bits per heavy atom. The Balaban J connectivity index is 1.86. The summed E-state index contributed by atoms with van der Waals surface area (Å²) in [5.41, 5.74) is 0.548. The summed E-state index contributed by atoms with van der Waals surface area (Å²) < 4.78 is 6.10. The van der Waals surface area contributed by atoms with E-state index < -0.39 is 0 Å². The van der Waals surface area contributed by atoms with E-state index in [1.54, 1.807) is 36.4 Å². The third kappa shape index (κ3) is 3.60. The molecule has 0 saturated carbocycles. The highest BCUT2D eigenvalue weighted by atomic mass is 127. The molecule has 0 N–H and O–H groups in total. The van der Waals surface area contributed by atoms with Gasteiger partial charge in [-0.2, -0.15) is 0 Å². The highest BCUT2D eigenvalue weighted by Crippen LogP contribution is 2.35. The number of carbonyl (C=O) groups excluding carboxylic acids is 2. The fourth-order valence-electron chi connectivity index (χ4n) is 2.01. The molecular formula is C15H8Cl2INO3S. The lowest BCUT2D eigenvalue weighted by Gasteiger charge is -2.14. The summed E-state index contributed by atoms with van der Waals surface area (Å²) in [7, 11) is 0. The van der Waals surface area contributed by atoms with Gasteiger partial charge in [0.25, 0.3) is 11.1 Å². The maximum atomic E-state index is 12.4. The molecule has 0 spiro atoms. The molecule has 2 heterocycles. The summed E-state index contributed by atoms with van der Waals surface area (Å²) in [5.74, 6) is 0.137. The summed E-state index contributed by atoms with van der Waals surface area (Å²) in [6.07, 6.45) is 1.56. The Morgan fingerprint density at radius 3 is 2.48 bits per heavy atom. The van der Waals surface area contributed by atoms with E-state index in [1.165, 1.54) is 0 Å². The molecule has 1 aromatic carbocycles. The highest BCUT2D eigenvalue weighted by Gasteiger charge is 2.36. The van der Waals surface area contributed by atoms with Crippen molar-refractivity contribution in [1.82, 2.24) is 4.90 Å². The van der Waals surface area contributed by atoms with Crippen LogP contribution in [-0.4, -0.2) is 16.0 Å². The molecule has 8 heteroatoms. The molecule has 4 nitrogen and oxygen atoms in total. The minimum atomic E-state index is -0.387. The molecule has 1 saturated heterocycles. The van der Waals surface area contributed by atoms with Gasteiger partial charge in [-0.25, -0.2) is 0 Å². The predicted octanol–water partition coefficient (Wildman–Crippen LogP) is 5.43. The molecule has 118 valence electrons. The minimum Gasteiger partial charge on any atom is -0.451 e. The molecule has 0 aliphatic carbocycles. The summed E-state index contributed by atoms with van der Waals surface area (Å²) >= 11 is 15.1. The lowest BCUT2D eigenvalue weighted by molar-refractivity contribution is -0.123. The van der Waals surface area contributed by atoms with Crippen LogP contribution in [-0.2, 0) is 11.3 Å². The van der Waals surface area contributed by atoms with E-state index in [1.807, 2.05) is 22.6 Å². The molecule has 0 radical (unpaired) electrons. The summed E-state index contributed by atoms with van der Waals surface area (Å²) in [6, 6.07) is 8.56. The van der Waals surface area contributed by atoms with Crippen molar-refractivity contribution in [2.24, 2.45) is 0 Å². The minimum absolute atomic E-state index is 0.0379. The SMILES string of the molecule is O=C1S/C(=C\c2ccc(I)o2)C(=O)N1Cc1c(Cl)cccc1Cl. The van der Waals surface area contributed by atoms with Gasteiger partial charge in [-0.1, -0.05) is 29.3 Å². The fraction of sp³-hybridized carbons (Fsp3) is 0.0667. The monoisotopic (exact) mass is 479 g/mol. The van der Waals surface area contributed by atoms with Gasteiger partial charge in [0.2, 0.25) is 0 Å². The molecule has 3 rings (SSSR count). The number of imide groups is 1. The summed E-state index contributed by atoms with van der Waals surface area (Å²) in [5, 5.41) is 0.473. The Bertz CT molecular complexity index is 814. The standard InChI is InChI=1S/C15H8Cl2INO3S/c16-10-2-1-3-11(17)9(10)7-19-14(20)12(23-15(19)21)6-8-4-5-13(18)22-8/h1-6H,7H2/b12-6-. The van der Waals surface area contributed by atoms with Crippen LogP contribution in [0.4, 0.5) is 4.79 Å². The Morgan fingerprint density at radius 1 is 1.17 bits per heavy atom. The van der Waals surface area contributed by atoms with Crippen molar-refractivity contribution in [2.75, 3.05) is 0 Å². The highest BCUT2D eigenvalue weighted by molar-refractivity contribution is 14.1. The number of hydrogen-bond acceptors (Lipinski definition) is 4. The second-order valence-corrected chi connectivity index (χ2v) is 7.48. The van der Waals surface area contributed by atoms with Crippen molar-refractivity contribution in [3.05, 3.63) is 60.4 Å². The molecule has 0 bridgehead atoms. The maximum Gasteiger partial charge on any atom is 0.293 e. The van der Waals surface area contributed by atoms with Crippen molar-refractivity contribution in [3.8, 4) is 0 Å². The van der Waals surface area contributed by atoms with E-state index in [4.69, 9.17) is 27.6 Å². The smallest absolute Gasteiger partial charge is 0.293 e. The average Bonchev–Trinajstić information content (AvgIpc) is 3.01. The van der Waals surface area contributed by atoms with Crippen LogP contribution in [0.25, 0.3) is 6.08 Å². The van der Waals surface area contributed by atoms with Gasteiger partial charge >= 0.3 is 0 Å². The summed E-state index contributed by atoms with van der Waals surface area (Å²) in [6.45, 7) is 0.0379. The second kappa shape index (κ2) is 6.88. The zero-order valence-electron chi connectivity index (χ0n) is 11.4. The van der Waals surface area contributed by atoms with Crippen LogP contribution in [0.15, 0.2) is 39.7 Å². The Kier molecular flexibility index (Phi) is 5.05. The first-order valence-corrected chi connectivity index (χ1v) is 9.04. The van der Waals surface area contributed by atoms with E-state index >= 15 is 0 Å². The van der Waals surface area contributed by atoms with Gasteiger partial charge < -0.3 is 4.42 Å². The summed E-state index contributed by atoms with van der Waals surface area (Å²) in [4.78, 5) is 26.0. The van der Waals surface area contributed by atoms with E-state index in [9.17, 15) is 9.59 Å². The number of rotatable bonds is 3. The first-order valence-electron chi connectivity index (χ1n) is 6.39. The van der Waals surface area contributed by atoms with Crippen molar-refractivity contribution in [2.45, 2.75) is 6.54 Å². The molecule has 1 aromatic heterocycles. The van der Waals surface area contributed by atoms with E-state index in [0.29, 0.717) is 30.0 Å². The largest absolute Gasteiger partial charge is 0.451 e. The quantitative estimate of drug-likeness (QED) is 0.435. The van der Waals surface area contributed by atoms with Crippen LogP contribution in [0.2, 0.25) is 10.0 Å². The van der Waals surface area contributed by atoms with Crippen LogP contribution in [0.3, 0.4) is 0 Å². The molecule has 1 aliphatic rings. The van der Waals surface area contributed by atoms with Crippen molar-refractivity contribution < 1.29 is 14.0 Å². The van der Waals surface area contributed by atoms with Crippen LogP contribution in [0.1, 0.15) is 11.3 Å². The van der Waals surface area contributed by atoms with Gasteiger partial charge in [0.1, 0.15) is 5.76 Å². The number of carbonyl (C=O) groups is 2. The number of amides is 2. The molecule has 1 fully saturated rings. The number of benzene rings is 1. The van der Waals surface area contributed by atoms with Gasteiger partial charge in [0.15, 0.2) is 3.77 Å². The maximum absolute atomic E-state index is 12.4. The van der Waals surface area contributed by atoms with Crippen molar-refractivity contribution >= 4 is 74.8 Å². The van der Waals surface area contributed by atoms with Gasteiger partial charge in [-0.05, 0) is 58.6 Å². The topological polar surface area (TPSA) is 50.5 Å². The van der Waals surface area contributed by atoms with E-state index in [0.717, 1.165) is 16.7 Å². The zero-order valence-corrected chi connectivity index (χ0v) is 15.9. The van der Waals surface area contributed by atoms with Crippen LogP contribution >= 0.6 is 57.6 Å².